The molecule has 0 saturated carbocycles. The summed E-state index contributed by atoms with van der Waals surface area (Å²) in [6.45, 7) is 1.53. The molecule has 3 N–H and O–H groups in total. The van der Waals surface area contributed by atoms with Crippen molar-refractivity contribution in [2.45, 2.75) is 24.7 Å². The largest absolute Gasteiger partial charge is 0.358 e. The highest BCUT2D eigenvalue weighted by Gasteiger charge is 2.12. The number of thioether (sulfide) groups is 1. The number of nitrogens with zero attached hydrogens (tertiary/aromatic N) is 2. The lowest BCUT2D eigenvalue weighted by Crippen LogP contribution is -2.31. The highest BCUT2D eigenvalue weighted by molar-refractivity contribution is 7.99. The van der Waals surface area contributed by atoms with Crippen LogP contribution in [0.25, 0.3) is 0 Å². The van der Waals surface area contributed by atoms with E-state index in [1.54, 1.807) is 17.8 Å². The van der Waals surface area contributed by atoms with Crippen LogP contribution in [0.15, 0.2) is 41.6 Å². The van der Waals surface area contributed by atoms with E-state index in [-0.39, 0.29) is 0 Å². The number of nitrogens with one attached hydrogen (secondary N) is 3. The van der Waals surface area contributed by atoms with Gasteiger partial charge in [-0.1, -0.05) is 42.1 Å². The Bertz CT molecular complexity index is 726. The Hall–Kier alpha value is -1.86. The lowest BCUT2D eigenvalue weighted by Gasteiger charge is -2.18. The van der Waals surface area contributed by atoms with Crippen molar-refractivity contribution in [3.63, 3.8) is 0 Å². The van der Waals surface area contributed by atoms with Crippen LogP contribution in [0, 0.1) is 5.41 Å². The van der Waals surface area contributed by atoms with Crippen molar-refractivity contribution in [3.8, 4) is 0 Å². The van der Waals surface area contributed by atoms with Gasteiger partial charge in [0.25, 0.3) is 0 Å². The highest BCUT2D eigenvalue weighted by atomic mass is 32.2. The predicted molar refractivity (Wildman–Crippen MR) is 92.9 cm³/mol. The predicted octanol–water partition coefficient (Wildman–Crippen LogP) is 2.34. The van der Waals surface area contributed by atoms with Gasteiger partial charge in [0.2, 0.25) is 0 Å². The molecule has 114 valence electrons. The molecule has 0 unspecified atom stereocenters. The Labute approximate surface area is 138 Å². The van der Waals surface area contributed by atoms with Gasteiger partial charge in [-0.3, -0.25) is 5.41 Å². The fourth-order valence-electron chi connectivity index (χ4n) is 2.22. The van der Waals surface area contributed by atoms with Gasteiger partial charge < -0.3 is 15.2 Å². The lowest BCUT2D eigenvalue weighted by molar-refractivity contribution is 0.551. The number of aromatic nitrogens is 2. The van der Waals surface area contributed by atoms with Crippen molar-refractivity contribution in [3.05, 3.63) is 47.4 Å². The van der Waals surface area contributed by atoms with Crippen LogP contribution in [0.4, 0.5) is 5.82 Å². The van der Waals surface area contributed by atoms with Gasteiger partial charge in [-0.2, -0.15) is 0 Å². The topological polar surface area (TPSA) is 65.7 Å². The second-order valence-electron chi connectivity index (χ2n) is 4.96. The van der Waals surface area contributed by atoms with Crippen LogP contribution in [0.2, 0.25) is 0 Å². The number of fused-ring (bicyclic) bond motifs is 1. The molecular formula is C15H17N5S2. The molecule has 7 heteroatoms. The molecule has 1 aliphatic rings. The molecule has 1 aliphatic heterocycles. The monoisotopic (exact) mass is 331 g/mol. The minimum Gasteiger partial charge on any atom is -0.358 e. The minimum atomic E-state index is 0.463. The van der Waals surface area contributed by atoms with E-state index >= 15 is 0 Å². The van der Waals surface area contributed by atoms with Crippen LogP contribution >= 0.6 is 24.0 Å². The van der Waals surface area contributed by atoms with Crippen LogP contribution in [0.5, 0.6) is 0 Å². The minimum absolute atomic E-state index is 0.463. The Balaban J connectivity index is 1.64. The van der Waals surface area contributed by atoms with Gasteiger partial charge in [0, 0.05) is 24.9 Å². The van der Waals surface area contributed by atoms with Crippen molar-refractivity contribution in [1.29, 1.82) is 5.41 Å². The maximum Gasteiger partial charge on any atom is 0.172 e. The summed E-state index contributed by atoms with van der Waals surface area (Å²) < 4.78 is 1.93. The van der Waals surface area contributed by atoms with Crippen LogP contribution in [-0.4, -0.2) is 20.4 Å². The molecular weight excluding hydrogens is 314 g/mol. The quantitative estimate of drug-likeness (QED) is 0.595. The summed E-state index contributed by atoms with van der Waals surface area (Å²) in [6.07, 6.45) is 1.08. The maximum absolute atomic E-state index is 8.08. The van der Waals surface area contributed by atoms with E-state index in [4.69, 9.17) is 17.6 Å². The second-order valence-corrected chi connectivity index (χ2v) is 6.43. The van der Waals surface area contributed by atoms with Gasteiger partial charge in [-0.25, -0.2) is 4.98 Å². The number of benzene rings is 1. The number of hydrogen-bond donors (Lipinski definition) is 3. The third-order valence-corrected chi connectivity index (χ3v) is 4.62. The average Bonchev–Trinajstić information content (AvgIpc) is 2.54. The zero-order chi connectivity index (χ0) is 15.4. The van der Waals surface area contributed by atoms with E-state index in [9.17, 15) is 0 Å². The van der Waals surface area contributed by atoms with Crippen LogP contribution in [-0.2, 0) is 13.1 Å². The van der Waals surface area contributed by atoms with Crippen LogP contribution in [0.3, 0.4) is 0 Å². The van der Waals surface area contributed by atoms with E-state index in [0.717, 1.165) is 29.4 Å². The lowest BCUT2D eigenvalue weighted by atomic mass is 10.2. The van der Waals surface area contributed by atoms with E-state index < -0.39 is 0 Å². The average molecular weight is 331 g/mol. The summed E-state index contributed by atoms with van der Waals surface area (Å²) in [7, 11) is 0. The normalized spacial score (nSPS) is 13.3. The van der Waals surface area contributed by atoms with Gasteiger partial charge in [0.15, 0.2) is 10.3 Å². The first-order chi connectivity index (χ1) is 10.7. The molecule has 0 radical (unpaired) electrons. The Morgan fingerprint density at radius 1 is 1.36 bits per heavy atom. The van der Waals surface area contributed by atoms with Gasteiger partial charge >= 0.3 is 0 Å². The SMILES string of the molecule is N=c1cc(NC(=S)NCc2ccccc2)nc2n1CCCS2. The molecule has 0 atom stereocenters. The molecule has 0 saturated heterocycles. The third-order valence-electron chi connectivity index (χ3n) is 3.31. The molecule has 0 amide bonds. The van der Waals surface area contributed by atoms with Crippen molar-refractivity contribution in [2.75, 3.05) is 11.1 Å². The maximum atomic E-state index is 8.08. The Morgan fingerprint density at radius 3 is 3.00 bits per heavy atom. The summed E-state index contributed by atoms with van der Waals surface area (Å²) in [4.78, 5) is 4.54. The van der Waals surface area contributed by atoms with Crippen molar-refractivity contribution in [2.24, 2.45) is 0 Å². The summed E-state index contributed by atoms with van der Waals surface area (Å²) in [6, 6.07) is 11.8. The van der Waals surface area contributed by atoms with E-state index in [0.29, 0.717) is 23.0 Å². The summed E-state index contributed by atoms with van der Waals surface area (Å²) in [5, 5.41) is 15.7. The molecule has 0 aliphatic carbocycles. The van der Waals surface area contributed by atoms with Crippen molar-refractivity contribution >= 4 is 34.9 Å². The van der Waals surface area contributed by atoms with E-state index in [1.807, 2.05) is 34.9 Å². The van der Waals surface area contributed by atoms with Crippen molar-refractivity contribution < 1.29 is 0 Å². The molecule has 5 nitrogen and oxygen atoms in total. The Morgan fingerprint density at radius 2 is 2.18 bits per heavy atom. The number of thiocarbonyl (C=S) groups is 1. The van der Waals surface area contributed by atoms with E-state index in [2.05, 4.69) is 15.6 Å². The molecule has 0 spiro atoms. The first-order valence-corrected chi connectivity index (χ1v) is 8.50. The molecule has 1 aromatic heterocycles. The Kier molecular flexibility index (Phi) is 4.74. The summed E-state index contributed by atoms with van der Waals surface area (Å²) in [5.41, 5.74) is 1.63. The fraction of sp³-hybridized carbons (Fsp3) is 0.267. The zero-order valence-electron chi connectivity index (χ0n) is 12.0. The van der Waals surface area contributed by atoms with Gasteiger partial charge in [-0.05, 0) is 24.2 Å². The fourth-order valence-corrected chi connectivity index (χ4v) is 3.36. The third kappa shape index (κ3) is 3.66. The molecule has 22 heavy (non-hydrogen) atoms. The highest BCUT2D eigenvalue weighted by Crippen LogP contribution is 2.21. The van der Waals surface area contributed by atoms with E-state index in [1.165, 1.54) is 0 Å². The molecule has 0 fully saturated rings. The summed E-state index contributed by atoms with van der Waals surface area (Å²) >= 11 is 6.98. The van der Waals surface area contributed by atoms with Crippen molar-refractivity contribution in [1.82, 2.24) is 14.9 Å². The number of anilines is 1. The van der Waals surface area contributed by atoms with Gasteiger partial charge in [0.05, 0.1) is 0 Å². The second kappa shape index (κ2) is 6.93. The first-order valence-electron chi connectivity index (χ1n) is 7.10. The smallest absolute Gasteiger partial charge is 0.172 e. The first kappa shape index (κ1) is 15.1. The summed E-state index contributed by atoms with van der Waals surface area (Å²) in [5.74, 6) is 1.67. The number of rotatable bonds is 3. The zero-order valence-corrected chi connectivity index (χ0v) is 13.6. The molecule has 2 heterocycles. The van der Waals surface area contributed by atoms with Crippen LogP contribution < -0.4 is 16.1 Å². The molecule has 0 bridgehead atoms. The van der Waals surface area contributed by atoms with Crippen LogP contribution in [0.1, 0.15) is 12.0 Å². The van der Waals surface area contributed by atoms with Gasteiger partial charge in [-0.15, -0.1) is 0 Å². The van der Waals surface area contributed by atoms with Gasteiger partial charge in [0.1, 0.15) is 11.3 Å². The molecule has 2 aromatic rings. The molecule has 1 aromatic carbocycles. The number of hydrogen-bond acceptors (Lipinski definition) is 4. The standard InChI is InChI=1S/C15H17N5S2/c16-12-9-13(19-15-20(12)7-4-8-22-15)18-14(21)17-10-11-5-2-1-3-6-11/h1-3,5-6,9,16H,4,7-8,10H2,(H2,17,18,21). The molecule has 3 rings (SSSR count).